The highest BCUT2D eigenvalue weighted by Crippen LogP contribution is 2.31. The zero-order valence-corrected chi connectivity index (χ0v) is 11.7. The predicted molar refractivity (Wildman–Crippen MR) is 76.2 cm³/mol. The van der Waals surface area contributed by atoms with E-state index in [0.717, 1.165) is 43.6 Å². The van der Waals surface area contributed by atoms with E-state index in [1.165, 1.54) is 12.0 Å². The van der Waals surface area contributed by atoms with Gasteiger partial charge < -0.3 is 15.0 Å². The van der Waals surface area contributed by atoms with Crippen molar-refractivity contribution >= 4 is 5.69 Å². The smallest absolute Gasteiger partial charge is 0.146 e. The maximum atomic E-state index is 5.79. The van der Waals surface area contributed by atoms with Gasteiger partial charge in [-0.2, -0.15) is 0 Å². The summed E-state index contributed by atoms with van der Waals surface area (Å²) in [5, 5.41) is 3.38. The quantitative estimate of drug-likeness (QED) is 0.867. The van der Waals surface area contributed by atoms with Crippen molar-refractivity contribution in [2.75, 3.05) is 32.1 Å². The summed E-state index contributed by atoms with van der Waals surface area (Å²) in [6.45, 7) is 8.29. The molecule has 1 N–H and O–H groups in total. The fourth-order valence-electron chi connectivity index (χ4n) is 2.21. The zero-order chi connectivity index (χ0) is 13.0. The molecule has 100 valence electrons. The Balaban J connectivity index is 2.00. The number of para-hydroxylation sites is 1. The Morgan fingerprint density at radius 3 is 3.00 bits per heavy atom. The van der Waals surface area contributed by atoms with Crippen LogP contribution in [0, 0.1) is 5.92 Å². The van der Waals surface area contributed by atoms with Crippen LogP contribution in [0.2, 0.25) is 0 Å². The summed E-state index contributed by atoms with van der Waals surface area (Å²) in [4.78, 5) is 2.37. The molecule has 0 atom stereocenters. The Morgan fingerprint density at radius 2 is 2.22 bits per heavy atom. The molecule has 0 spiro atoms. The first-order chi connectivity index (χ1) is 8.66. The number of hydrogen-bond donors (Lipinski definition) is 1. The first kappa shape index (κ1) is 13.2. The molecule has 0 radical (unpaired) electrons. The van der Waals surface area contributed by atoms with E-state index >= 15 is 0 Å². The Morgan fingerprint density at radius 1 is 1.39 bits per heavy atom. The third-order valence-corrected chi connectivity index (χ3v) is 3.29. The van der Waals surface area contributed by atoms with Gasteiger partial charge in [0.05, 0.1) is 5.69 Å². The van der Waals surface area contributed by atoms with E-state index in [4.69, 9.17) is 4.74 Å². The van der Waals surface area contributed by atoms with Gasteiger partial charge in [0.2, 0.25) is 0 Å². The van der Waals surface area contributed by atoms with E-state index in [9.17, 15) is 0 Å². The summed E-state index contributed by atoms with van der Waals surface area (Å²) in [6, 6.07) is 6.36. The van der Waals surface area contributed by atoms with Crippen LogP contribution in [-0.4, -0.2) is 31.6 Å². The monoisotopic (exact) mass is 248 g/mol. The van der Waals surface area contributed by atoms with Crippen LogP contribution >= 0.6 is 0 Å². The third kappa shape index (κ3) is 3.39. The molecule has 0 bridgehead atoms. The summed E-state index contributed by atoms with van der Waals surface area (Å²) in [5.41, 5.74) is 2.42. The molecule has 3 nitrogen and oxygen atoms in total. The molecule has 0 amide bonds. The molecule has 0 unspecified atom stereocenters. The van der Waals surface area contributed by atoms with Crippen molar-refractivity contribution in [1.82, 2.24) is 4.90 Å². The van der Waals surface area contributed by atoms with Gasteiger partial charge in [-0.05, 0) is 32.0 Å². The molecule has 0 fully saturated rings. The van der Waals surface area contributed by atoms with Crippen molar-refractivity contribution in [3.63, 3.8) is 0 Å². The number of nitrogens with one attached hydrogen (secondary N) is 1. The van der Waals surface area contributed by atoms with Crippen LogP contribution in [0.25, 0.3) is 0 Å². The van der Waals surface area contributed by atoms with Gasteiger partial charge in [-0.25, -0.2) is 0 Å². The van der Waals surface area contributed by atoms with Gasteiger partial charge in [-0.15, -0.1) is 0 Å². The molecule has 1 heterocycles. The minimum atomic E-state index is 0.759. The number of anilines is 1. The fourth-order valence-corrected chi connectivity index (χ4v) is 2.21. The molecule has 18 heavy (non-hydrogen) atoms. The Bertz CT molecular complexity index is 390. The Kier molecular flexibility index (Phi) is 4.48. The summed E-state index contributed by atoms with van der Waals surface area (Å²) < 4.78 is 5.79. The van der Waals surface area contributed by atoms with E-state index in [1.54, 1.807) is 0 Å². The molecular weight excluding hydrogens is 224 g/mol. The van der Waals surface area contributed by atoms with Crippen molar-refractivity contribution in [2.24, 2.45) is 5.92 Å². The maximum absolute atomic E-state index is 5.79. The lowest BCUT2D eigenvalue weighted by atomic mass is 10.1. The molecule has 1 aliphatic rings. The van der Waals surface area contributed by atoms with Gasteiger partial charge in [0, 0.05) is 18.7 Å². The third-order valence-electron chi connectivity index (χ3n) is 3.29. The molecule has 1 aromatic rings. The van der Waals surface area contributed by atoms with Gasteiger partial charge in [0.1, 0.15) is 12.4 Å². The van der Waals surface area contributed by atoms with E-state index in [2.05, 4.69) is 49.3 Å². The van der Waals surface area contributed by atoms with Crippen LogP contribution in [0.3, 0.4) is 0 Å². The standard InChI is InChI=1S/C15H24N2O/c1-12(2)7-9-17(3)11-13-5-4-6-14-15(13)18-10-8-16-14/h4-6,12,16H,7-11H2,1-3H3. The lowest BCUT2D eigenvalue weighted by Gasteiger charge is -2.24. The number of hydrogen-bond acceptors (Lipinski definition) is 3. The summed E-state index contributed by atoms with van der Waals surface area (Å²) in [5.74, 6) is 1.80. The number of rotatable bonds is 5. The number of ether oxygens (including phenoxy) is 1. The van der Waals surface area contributed by atoms with Crippen molar-refractivity contribution in [1.29, 1.82) is 0 Å². The van der Waals surface area contributed by atoms with Crippen molar-refractivity contribution in [3.8, 4) is 5.75 Å². The van der Waals surface area contributed by atoms with Crippen LogP contribution in [0.5, 0.6) is 5.75 Å². The van der Waals surface area contributed by atoms with Gasteiger partial charge in [0.15, 0.2) is 0 Å². The maximum Gasteiger partial charge on any atom is 0.146 e. The summed E-state index contributed by atoms with van der Waals surface area (Å²) >= 11 is 0. The number of nitrogens with zero attached hydrogens (tertiary/aromatic N) is 1. The highest BCUT2D eigenvalue weighted by atomic mass is 16.5. The minimum absolute atomic E-state index is 0.759. The highest BCUT2D eigenvalue weighted by molar-refractivity contribution is 5.61. The molecule has 1 aliphatic heterocycles. The van der Waals surface area contributed by atoms with Gasteiger partial charge >= 0.3 is 0 Å². The average molecular weight is 248 g/mol. The topological polar surface area (TPSA) is 24.5 Å². The van der Waals surface area contributed by atoms with E-state index in [-0.39, 0.29) is 0 Å². The molecule has 2 rings (SSSR count). The van der Waals surface area contributed by atoms with Crippen LogP contribution in [-0.2, 0) is 6.54 Å². The number of benzene rings is 1. The molecule has 0 saturated heterocycles. The second-order valence-electron chi connectivity index (χ2n) is 5.49. The van der Waals surface area contributed by atoms with Crippen LogP contribution in [0.4, 0.5) is 5.69 Å². The molecular formula is C15H24N2O. The predicted octanol–water partition coefficient (Wildman–Crippen LogP) is 2.97. The van der Waals surface area contributed by atoms with E-state index in [1.807, 2.05) is 0 Å². The lowest BCUT2D eigenvalue weighted by molar-refractivity contribution is 0.284. The van der Waals surface area contributed by atoms with Gasteiger partial charge in [-0.1, -0.05) is 26.0 Å². The van der Waals surface area contributed by atoms with Crippen LogP contribution in [0.1, 0.15) is 25.8 Å². The van der Waals surface area contributed by atoms with Crippen molar-refractivity contribution in [3.05, 3.63) is 23.8 Å². The number of fused-ring (bicyclic) bond motifs is 1. The van der Waals surface area contributed by atoms with Crippen LogP contribution < -0.4 is 10.1 Å². The summed E-state index contributed by atoms with van der Waals surface area (Å²) in [7, 11) is 2.18. The second kappa shape index (κ2) is 6.10. The Labute approximate surface area is 110 Å². The highest BCUT2D eigenvalue weighted by Gasteiger charge is 2.14. The van der Waals surface area contributed by atoms with Crippen molar-refractivity contribution < 1.29 is 4.74 Å². The molecule has 0 aromatic heterocycles. The SMILES string of the molecule is CC(C)CCN(C)Cc1cccc2c1OCCN2. The van der Waals surface area contributed by atoms with Gasteiger partial charge in [-0.3, -0.25) is 0 Å². The van der Waals surface area contributed by atoms with E-state index < -0.39 is 0 Å². The van der Waals surface area contributed by atoms with E-state index in [0.29, 0.717) is 0 Å². The summed E-state index contributed by atoms with van der Waals surface area (Å²) in [6.07, 6.45) is 1.24. The average Bonchev–Trinajstić information content (AvgIpc) is 2.37. The first-order valence-corrected chi connectivity index (χ1v) is 6.84. The fraction of sp³-hybridized carbons (Fsp3) is 0.600. The molecule has 3 heteroatoms. The molecule has 1 aromatic carbocycles. The van der Waals surface area contributed by atoms with Crippen molar-refractivity contribution in [2.45, 2.75) is 26.8 Å². The molecule has 0 saturated carbocycles. The second-order valence-corrected chi connectivity index (χ2v) is 5.49. The molecule has 0 aliphatic carbocycles. The largest absolute Gasteiger partial charge is 0.489 e. The van der Waals surface area contributed by atoms with Gasteiger partial charge in [0.25, 0.3) is 0 Å². The Hall–Kier alpha value is -1.22. The minimum Gasteiger partial charge on any atom is -0.489 e. The normalized spacial score (nSPS) is 14.3. The first-order valence-electron chi connectivity index (χ1n) is 6.84. The lowest BCUT2D eigenvalue weighted by Crippen LogP contribution is -2.23. The zero-order valence-electron chi connectivity index (χ0n) is 11.7. The van der Waals surface area contributed by atoms with Crippen LogP contribution in [0.15, 0.2) is 18.2 Å².